The molecule has 0 fully saturated rings. The summed E-state index contributed by atoms with van der Waals surface area (Å²) in [6, 6.07) is 63.7. The number of hydrogen-bond donors (Lipinski definition) is 0. The van der Waals surface area contributed by atoms with E-state index in [0.717, 1.165) is 83.5 Å². The zero-order valence-electron chi connectivity index (χ0n) is 29.1. The maximum atomic E-state index is 6.28. The summed E-state index contributed by atoms with van der Waals surface area (Å²) in [5.41, 5.74) is 8.64. The quantitative estimate of drug-likeness (QED) is 0.162. The van der Waals surface area contributed by atoms with Crippen molar-refractivity contribution >= 4 is 99.7 Å². The molecule has 3 aromatic heterocycles. The Morgan fingerprint density at radius 3 is 1.65 bits per heavy atom. The Hall–Kier alpha value is -7.37. The summed E-state index contributed by atoms with van der Waals surface area (Å²) in [4.78, 5) is 9.32. The third kappa shape index (κ3) is 4.90. The third-order valence-corrected chi connectivity index (χ3v) is 10.4. The maximum Gasteiger partial charge on any atom is 0.137 e. The van der Waals surface area contributed by atoms with Crippen molar-refractivity contribution < 1.29 is 8.83 Å². The highest BCUT2D eigenvalue weighted by Gasteiger charge is 2.20. The number of rotatable bonds is 6. The SMILES string of the molecule is c1ccc(N(c2cccc(N(c3ccc4ccc5cc6oc7ccccc7c6cc5c4c3)c3ccc4oc5ccccc5c4c3)c2)c2ccccn2)cc1. The van der Waals surface area contributed by atoms with E-state index in [-0.39, 0.29) is 0 Å². The maximum absolute atomic E-state index is 6.28. The first kappa shape index (κ1) is 30.3. The molecule has 5 heteroatoms. The molecule has 8 aromatic carbocycles. The second-order valence-corrected chi connectivity index (χ2v) is 13.6. The minimum atomic E-state index is 0.842. The number of furan rings is 2. The normalized spacial score (nSPS) is 11.7. The van der Waals surface area contributed by atoms with Crippen LogP contribution in [-0.2, 0) is 0 Å². The van der Waals surface area contributed by atoms with Crippen LogP contribution in [0.5, 0.6) is 0 Å². The molecular weight excluding hydrogens is 663 g/mol. The number of fused-ring (bicyclic) bond motifs is 9. The van der Waals surface area contributed by atoms with Gasteiger partial charge in [-0.3, -0.25) is 4.90 Å². The molecule has 0 saturated carbocycles. The fourth-order valence-electron chi connectivity index (χ4n) is 7.95. The minimum Gasteiger partial charge on any atom is -0.456 e. The van der Waals surface area contributed by atoms with Gasteiger partial charge in [0.2, 0.25) is 0 Å². The van der Waals surface area contributed by atoms with E-state index in [2.05, 4.69) is 143 Å². The first-order valence-corrected chi connectivity index (χ1v) is 18.1. The number of anilines is 6. The van der Waals surface area contributed by atoms with Gasteiger partial charge in [0.05, 0.1) is 0 Å². The van der Waals surface area contributed by atoms with Crippen LogP contribution in [0.3, 0.4) is 0 Å². The Morgan fingerprint density at radius 2 is 0.870 bits per heavy atom. The molecule has 5 nitrogen and oxygen atoms in total. The Balaban J connectivity index is 1.15. The fraction of sp³-hybridized carbons (Fsp3) is 0. The number of para-hydroxylation sites is 3. The predicted octanol–water partition coefficient (Wildman–Crippen LogP) is 14.1. The van der Waals surface area contributed by atoms with Crippen molar-refractivity contribution in [3.63, 3.8) is 0 Å². The van der Waals surface area contributed by atoms with Crippen LogP contribution in [0.4, 0.5) is 34.3 Å². The number of pyridine rings is 1. The van der Waals surface area contributed by atoms with Crippen LogP contribution in [0.1, 0.15) is 0 Å². The number of benzene rings is 8. The molecule has 11 aromatic rings. The number of aromatic nitrogens is 1. The standard InChI is InChI=1S/C49H31N3O2/c1-2-11-34(12-3-1)52(49-19-8-9-26-50-49)36-14-10-13-35(28-36)51(38-24-25-47-43(30-38)39-15-4-6-17-45(39)53-47)37-23-22-32-20-21-33-27-48-44(31-42(33)41(32)29-37)40-16-5-7-18-46(40)54-48/h1-31H. The fourth-order valence-corrected chi connectivity index (χ4v) is 7.95. The summed E-state index contributed by atoms with van der Waals surface area (Å²) in [7, 11) is 0. The van der Waals surface area contributed by atoms with E-state index in [4.69, 9.17) is 13.8 Å². The summed E-state index contributed by atoms with van der Waals surface area (Å²) in [6.45, 7) is 0. The molecule has 0 unspecified atom stereocenters. The van der Waals surface area contributed by atoms with Gasteiger partial charge in [-0.15, -0.1) is 0 Å². The van der Waals surface area contributed by atoms with Crippen LogP contribution in [0.15, 0.2) is 197 Å². The summed E-state index contributed by atoms with van der Waals surface area (Å²) in [5, 5.41) is 9.08. The Labute approximate surface area is 310 Å². The Bertz CT molecular complexity index is 3140. The van der Waals surface area contributed by atoms with Gasteiger partial charge in [-0.2, -0.15) is 0 Å². The van der Waals surface area contributed by atoms with E-state index in [9.17, 15) is 0 Å². The zero-order valence-corrected chi connectivity index (χ0v) is 29.1. The van der Waals surface area contributed by atoms with Gasteiger partial charge >= 0.3 is 0 Å². The van der Waals surface area contributed by atoms with Crippen molar-refractivity contribution in [1.82, 2.24) is 4.98 Å². The van der Waals surface area contributed by atoms with Gasteiger partial charge < -0.3 is 13.7 Å². The molecule has 0 aliphatic rings. The van der Waals surface area contributed by atoms with Gasteiger partial charge in [0.25, 0.3) is 0 Å². The highest BCUT2D eigenvalue weighted by Crippen LogP contribution is 2.43. The molecule has 0 atom stereocenters. The zero-order chi connectivity index (χ0) is 35.6. The molecule has 0 aliphatic heterocycles. The van der Waals surface area contributed by atoms with Gasteiger partial charge in [-0.1, -0.05) is 84.9 Å². The van der Waals surface area contributed by atoms with E-state index in [1.807, 2.05) is 54.7 Å². The van der Waals surface area contributed by atoms with E-state index in [0.29, 0.717) is 0 Å². The van der Waals surface area contributed by atoms with Crippen LogP contribution in [0, 0.1) is 0 Å². The highest BCUT2D eigenvalue weighted by atomic mass is 16.3. The molecule has 0 N–H and O–H groups in total. The smallest absolute Gasteiger partial charge is 0.137 e. The van der Waals surface area contributed by atoms with Gasteiger partial charge in [0, 0.05) is 56.2 Å². The van der Waals surface area contributed by atoms with E-state index in [1.165, 1.54) is 16.2 Å². The second kappa shape index (κ2) is 12.1. The van der Waals surface area contributed by atoms with Crippen molar-refractivity contribution in [2.45, 2.75) is 0 Å². The highest BCUT2D eigenvalue weighted by molar-refractivity contribution is 6.17. The molecule has 0 spiro atoms. The topological polar surface area (TPSA) is 45.7 Å². The lowest BCUT2D eigenvalue weighted by Crippen LogP contribution is -2.14. The van der Waals surface area contributed by atoms with Crippen molar-refractivity contribution in [2.75, 3.05) is 9.80 Å². The second-order valence-electron chi connectivity index (χ2n) is 13.6. The third-order valence-electron chi connectivity index (χ3n) is 10.4. The monoisotopic (exact) mass is 693 g/mol. The van der Waals surface area contributed by atoms with Gasteiger partial charge in [-0.25, -0.2) is 4.98 Å². The van der Waals surface area contributed by atoms with Crippen LogP contribution < -0.4 is 9.80 Å². The molecule has 3 heterocycles. The largest absolute Gasteiger partial charge is 0.456 e. The lowest BCUT2D eigenvalue weighted by atomic mass is 9.99. The number of hydrogen-bond acceptors (Lipinski definition) is 5. The lowest BCUT2D eigenvalue weighted by molar-refractivity contribution is 0.668. The average Bonchev–Trinajstić information content (AvgIpc) is 3.79. The van der Waals surface area contributed by atoms with Crippen LogP contribution in [0.2, 0.25) is 0 Å². The lowest BCUT2D eigenvalue weighted by Gasteiger charge is -2.29. The molecule has 0 amide bonds. The van der Waals surface area contributed by atoms with E-state index in [1.54, 1.807) is 0 Å². The van der Waals surface area contributed by atoms with E-state index < -0.39 is 0 Å². The van der Waals surface area contributed by atoms with Crippen LogP contribution in [-0.4, -0.2) is 4.98 Å². The minimum absolute atomic E-state index is 0.842. The Morgan fingerprint density at radius 1 is 0.315 bits per heavy atom. The molecular formula is C49H31N3O2. The van der Waals surface area contributed by atoms with Gasteiger partial charge in [0.1, 0.15) is 28.1 Å². The summed E-state index contributed by atoms with van der Waals surface area (Å²) in [6.07, 6.45) is 1.84. The van der Waals surface area contributed by atoms with Gasteiger partial charge in [-0.05, 0) is 119 Å². The molecule has 11 rings (SSSR count). The van der Waals surface area contributed by atoms with Crippen molar-refractivity contribution in [3.05, 3.63) is 188 Å². The van der Waals surface area contributed by atoms with Gasteiger partial charge in [0.15, 0.2) is 0 Å². The first-order chi connectivity index (χ1) is 26.7. The molecule has 0 saturated heterocycles. The predicted molar refractivity (Wildman–Crippen MR) is 223 cm³/mol. The molecule has 0 bridgehead atoms. The number of nitrogens with zero attached hydrogens (tertiary/aromatic N) is 3. The summed E-state index contributed by atoms with van der Waals surface area (Å²) < 4.78 is 12.6. The van der Waals surface area contributed by atoms with E-state index >= 15 is 0 Å². The molecule has 0 aliphatic carbocycles. The molecule has 54 heavy (non-hydrogen) atoms. The van der Waals surface area contributed by atoms with Crippen molar-refractivity contribution in [3.8, 4) is 0 Å². The summed E-state index contributed by atoms with van der Waals surface area (Å²) in [5.74, 6) is 0.842. The average molecular weight is 694 g/mol. The summed E-state index contributed by atoms with van der Waals surface area (Å²) >= 11 is 0. The van der Waals surface area contributed by atoms with Crippen molar-refractivity contribution in [1.29, 1.82) is 0 Å². The van der Waals surface area contributed by atoms with Crippen molar-refractivity contribution in [2.24, 2.45) is 0 Å². The molecule has 0 radical (unpaired) electrons. The van der Waals surface area contributed by atoms with Crippen LogP contribution in [0.25, 0.3) is 65.4 Å². The Kier molecular flexibility index (Phi) is 6.79. The first-order valence-electron chi connectivity index (χ1n) is 18.1. The van der Waals surface area contributed by atoms with Crippen LogP contribution >= 0.6 is 0 Å². The molecule has 254 valence electrons.